The number of nitrogens with zero attached hydrogens (tertiary/aromatic N) is 1. The Labute approximate surface area is 124 Å². The van der Waals surface area contributed by atoms with Crippen molar-refractivity contribution in [1.29, 1.82) is 0 Å². The number of H-pyrrole nitrogens is 1. The Hall–Kier alpha value is -2.47. The monoisotopic (exact) mass is 299 g/mol. The first kappa shape index (κ1) is 13.5. The van der Waals surface area contributed by atoms with E-state index < -0.39 is 0 Å². The number of aryl methyl sites for hydroxylation is 1. The Bertz CT molecular complexity index is 833. The highest BCUT2D eigenvalue weighted by molar-refractivity contribution is 7.20. The van der Waals surface area contributed by atoms with Gasteiger partial charge < -0.3 is 10.3 Å². The number of amides is 1. The average Bonchev–Trinajstić information content (AvgIpc) is 2.87. The fourth-order valence-electron chi connectivity index (χ4n) is 2.08. The summed E-state index contributed by atoms with van der Waals surface area (Å²) in [5.74, 6) is 0.379. The van der Waals surface area contributed by atoms with Crippen molar-refractivity contribution in [2.75, 3.05) is 0 Å². The fraction of sp³-hybridized carbons (Fsp3) is 0.133. The number of aromatic nitrogens is 2. The summed E-state index contributed by atoms with van der Waals surface area (Å²) in [7, 11) is 0. The summed E-state index contributed by atoms with van der Waals surface area (Å²) in [6.07, 6.45) is 0. The van der Waals surface area contributed by atoms with Crippen LogP contribution < -0.4 is 10.9 Å². The molecule has 0 unspecified atom stereocenters. The smallest absolute Gasteiger partial charge is 0.261 e. The maximum Gasteiger partial charge on any atom is 0.261 e. The van der Waals surface area contributed by atoms with Crippen molar-refractivity contribution in [3.63, 3.8) is 0 Å². The minimum atomic E-state index is -0.214. The molecule has 0 radical (unpaired) electrons. The Kier molecular flexibility index (Phi) is 3.53. The zero-order valence-electron chi connectivity index (χ0n) is 11.3. The number of thiophene rings is 1. The normalized spacial score (nSPS) is 10.7. The van der Waals surface area contributed by atoms with Gasteiger partial charge in [0.1, 0.15) is 5.82 Å². The van der Waals surface area contributed by atoms with Crippen LogP contribution in [0.25, 0.3) is 10.1 Å². The number of carbonyl (C=O) groups excluding carboxylic acids is 1. The molecule has 0 aliphatic rings. The van der Waals surface area contributed by atoms with E-state index in [2.05, 4.69) is 15.3 Å². The van der Waals surface area contributed by atoms with Crippen LogP contribution in [0, 0.1) is 6.92 Å². The summed E-state index contributed by atoms with van der Waals surface area (Å²) in [4.78, 5) is 30.9. The van der Waals surface area contributed by atoms with Crippen molar-refractivity contribution >= 4 is 27.3 Å². The molecule has 3 aromatic rings. The van der Waals surface area contributed by atoms with Gasteiger partial charge in [0.25, 0.3) is 11.5 Å². The van der Waals surface area contributed by atoms with Gasteiger partial charge >= 0.3 is 0 Å². The van der Waals surface area contributed by atoms with E-state index in [0.29, 0.717) is 16.4 Å². The largest absolute Gasteiger partial charge is 0.346 e. The first-order valence-corrected chi connectivity index (χ1v) is 7.27. The van der Waals surface area contributed by atoms with Crippen molar-refractivity contribution in [3.8, 4) is 0 Å². The maximum atomic E-state index is 12.1. The lowest BCUT2D eigenvalue weighted by Gasteiger charge is -2.03. The fourth-order valence-corrected chi connectivity index (χ4v) is 3.06. The minimum absolute atomic E-state index is 0.157. The quantitative estimate of drug-likeness (QED) is 0.778. The second-order valence-electron chi connectivity index (χ2n) is 4.65. The number of hydrogen-bond acceptors (Lipinski definition) is 4. The highest BCUT2D eigenvalue weighted by atomic mass is 32.1. The molecule has 2 heterocycles. The van der Waals surface area contributed by atoms with Gasteiger partial charge in [-0.05, 0) is 24.4 Å². The van der Waals surface area contributed by atoms with Gasteiger partial charge in [0.2, 0.25) is 0 Å². The van der Waals surface area contributed by atoms with Crippen molar-refractivity contribution in [2.24, 2.45) is 0 Å². The van der Waals surface area contributed by atoms with Gasteiger partial charge in [-0.3, -0.25) is 9.59 Å². The second-order valence-corrected chi connectivity index (χ2v) is 5.74. The number of hydrogen-bond donors (Lipinski definition) is 2. The molecule has 0 atom stereocenters. The number of benzene rings is 1. The van der Waals surface area contributed by atoms with Crippen LogP contribution in [0.3, 0.4) is 0 Å². The predicted molar refractivity (Wildman–Crippen MR) is 82.6 cm³/mol. The first-order valence-electron chi connectivity index (χ1n) is 6.45. The van der Waals surface area contributed by atoms with Crippen LogP contribution >= 0.6 is 11.3 Å². The molecule has 0 saturated heterocycles. The molecule has 21 heavy (non-hydrogen) atoms. The van der Waals surface area contributed by atoms with Crippen LogP contribution in [0.4, 0.5) is 0 Å². The molecule has 1 aromatic carbocycles. The van der Waals surface area contributed by atoms with E-state index in [4.69, 9.17) is 0 Å². The first-order chi connectivity index (χ1) is 10.1. The van der Waals surface area contributed by atoms with Gasteiger partial charge in [-0.25, -0.2) is 4.98 Å². The van der Waals surface area contributed by atoms with E-state index in [1.807, 2.05) is 30.3 Å². The Morgan fingerprint density at radius 1 is 1.33 bits per heavy atom. The molecule has 0 saturated carbocycles. The van der Waals surface area contributed by atoms with Crippen LogP contribution in [-0.2, 0) is 6.54 Å². The van der Waals surface area contributed by atoms with Crippen molar-refractivity contribution in [1.82, 2.24) is 15.3 Å². The highest BCUT2D eigenvalue weighted by Gasteiger charge is 2.10. The molecule has 0 spiro atoms. The minimum Gasteiger partial charge on any atom is -0.346 e. The third-order valence-electron chi connectivity index (χ3n) is 2.99. The van der Waals surface area contributed by atoms with Gasteiger partial charge in [-0.15, -0.1) is 11.3 Å². The standard InChI is InChI=1S/C15H13N3O2S/c1-9-17-11(7-14(19)18-9)8-16-15(20)13-6-10-4-2-3-5-12(10)21-13/h2-7H,8H2,1H3,(H,16,20)(H,17,18,19). The summed E-state index contributed by atoms with van der Waals surface area (Å²) in [5, 5.41) is 3.84. The van der Waals surface area contributed by atoms with E-state index in [0.717, 1.165) is 10.1 Å². The Morgan fingerprint density at radius 3 is 2.90 bits per heavy atom. The summed E-state index contributed by atoms with van der Waals surface area (Å²) in [6.45, 7) is 1.94. The van der Waals surface area contributed by atoms with Crippen LogP contribution in [0.15, 0.2) is 41.2 Å². The van der Waals surface area contributed by atoms with Crippen LogP contribution in [0.2, 0.25) is 0 Å². The molecule has 2 N–H and O–H groups in total. The predicted octanol–water partition coefficient (Wildman–Crippen LogP) is 2.22. The van der Waals surface area contributed by atoms with Crippen LogP contribution in [0.5, 0.6) is 0 Å². The van der Waals surface area contributed by atoms with Crippen LogP contribution in [-0.4, -0.2) is 15.9 Å². The van der Waals surface area contributed by atoms with E-state index in [1.54, 1.807) is 6.92 Å². The summed E-state index contributed by atoms with van der Waals surface area (Å²) in [6, 6.07) is 11.1. The van der Waals surface area contributed by atoms with Crippen LogP contribution in [0.1, 0.15) is 21.2 Å². The summed E-state index contributed by atoms with van der Waals surface area (Å²) >= 11 is 1.45. The highest BCUT2D eigenvalue weighted by Crippen LogP contribution is 2.25. The van der Waals surface area contributed by atoms with Crippen molar-refractivity contribution in [3.05, 3.63) is 63.1 Å². The summed E-state index contributed by atoms with van der Waals surface area (Å²) in [5.41, 5.74) is 0.333. The number of nitrogens with one attached hydrogen (secondary N) is 2. The zero-order chi connectivity index (χ0) is 14.8. The number of rotatable bonds is 3. The molecular weight excluding hydrogens is 286 g/mol. The van der Waals surface area contributed by atoms with Gasteiger partial charge in [-0.1, -0.05) is 18.2 Å². The molecule has 2 aromatic heterocycles. The van der Waals surface area contributed by atoms with E-state index in [9.17, 15) is 9.59 Å². The molecule has 0 aliphatic carbocycles. The SMILES string of the molecule is Cc1nc(CNC(=O)c2cc3ccccc3s2)cc(=O)[nH]1. The number of aromatic amines is 1. The molecule has 0 fully saturated rings. The Balaban J connectivity index is 1.75. The molecular formula is C15H13N3O2S. The van der Waals surface area contributed by atoms with E-state index in [1.165, 1.54) is 17.4 Å². The topological polar surface area (TPSA) is 74.8 Å². The zero-order valence-corrected chi connectivity index (χ0v) is 12.2. The number of fused-ring (bicyclic) bond motifs is 1. The van der Waals surface area contributed by atoms with Gasteiger partial charge in [0.05, 0.1) is 17.1 Å². The molecule has 0 aliphatic heterocycles. The number of carbonyl (C=O) groups is 1. The molecule has 106 valence electrons. The van der Waals surface area contributed by atoms with Gasteiger partial charge in [0, 0.05) is 10.8 Å². The lowest BCUT2D eigenvalue weighted by atomic mass is 10.2. The van der Waals surface area contributed by atoms with E-state index >= 15 is 0 Å². The third kappa shape index (κ3) is 3.00. The lowest BCUT2D eigenvalue weighted by molar-refractivity contribution is 0.0954. The second kappa shape index (κ2) is 5.49. The molecule has 0 bridgehead atoms. The molecule has 5 nitrogen and oxygen atoms in total. The molecule has 6 heteroatoms. The van der Waals surface area contributed by atoms with Crippen molar-refractivity contribution in [2.45, 2.75) is 13.5 Å². The third-order valence-corrected chi connectivity index (χ3v) is 4.11. The Morgan fingerprint density at radius 2 is 2.14 bits per heavy atom. The van der Waals surface area contributed by atoms with E-state index in [-0.39, 0.29) is 18.0 Å². The van der Waals surface area contributed by atoms with Gasteiger partial charge in [-0.2, -0.15) is 0 Å². The molecule has 3 rings (SSSR count). The molecule has 1 amide bonds. The lowest BCUT2D eigenvalue weighted by Crippen LogP contribution is -2.24. The van der Waals surface area contributed by atoms with Crippen molar-refractivity contribution < 1.29 is 4.79 Å². The summed E-state index contributed by atoms with van der Waals surface area (Å²) < 4.78 is 1.08. The van der Waals surface area contributed by atoms with Gasteiger partial charge in [0.15, 0.2) is 0 Å². The average molecular weight is 299 g/mol. The maximum absolute atomic E-state index is 12.1.